The first kappa shape index (κ1) is 11.2. The van der Waals surface area contributed by atoms with Crippen LogP contribution in [0.25, 0.3) is 0 Å². The first-order chi connectivity index (χ1) is 8.28. The van der Waals surface area contributed by atoms with Crippen LogP contribution in [0.1, 0.15) is 19.3 Å². The summed E-state index contributed by atoms with van der Waals surface area (Å²) in [6, 6.07) is 3.93. The van der Waals surface area contributed by atoms with E-state index < -0.39 is 7.67 Å². The first-order valence-electron chi connectivity index (χ1n) is 6.00. The van der Waals surface area contributed by atoms with Crippen molar-refractivity contribution in [1.29, 1.82) is 0 Å². The largest absolute Gasteiger partial charge is 0.420 e. The van der Waals surface area contributed by atoms with Gasteiger partial charge >= 0.3 is 7.67 Å². The predicted molar refractivity (Wildman–Crippen MR) is 64.8 cm³/mol. The SMILES string of the molecule is O=P1(Oc2cccnc2)NCC2CCCCN21. The Morgan fingerprint density at radius 2 is 2.47 bits per heavy atom. The molecular weight excluding hydrogens is 237 g/mol. The fourth-order valence-electron chi connectivity index (χ4n) is 2.48. The van der Waals surface area contributed by atoms with Crippen molar-refractivity contribution < 1.29 is 9.09 Å². The van der Waals surface area contributed by atoms with E-state index in [1.807, 2.05) is 4.67 Å². The van der Waals surface area contributed by atoms with Gasteiger partial charge in [-0.1, -0.05) is 6.42 Å². The molecule has 2 fully saturated rings. The zero-order valence-electron chi connectivity index (χ0n) is 9.58. The van der Waals surface area contributed by atoms with E-state index in [1.165, 1.54) is 6.42 Å². The molecule has 0 aromatic carbocycles. The molecule has 6 heteroatoms. The van der Waals surface area contributed by atoms with E-state index >= 15 is 0 Å². The normalized spacial score (nSPS) is 33.3. The molecule has 1 aromatic rings. The van der Waals surface area contributed by atoms with Crippen molar-refractivity contribution in [2.24, 2.45) is 0 Å². The molecule has 0 amide bonds. The number of hydrogen-bond donors (Lipinski definition) is 1. The van der Waals surface area contributed by atoms with Crippen LogP contribution < -0.4 is 9.61 Å². The molecule has 0 saturated carbocycles. The molecule has 0 radical (unpaired) electrons. The molecule has 2 aliphatic heterocycles. The van der Waals surface area contributed by atoms with Gasteiger partial charge in [0.15, 0.2) is 0 Å². The molecule has 1 aromatic heterocycles. The molecule has 3 rings (SSSR count). The lowest BCUT2D eigenvalue weighted by Gasteiger charge is -2.31. The molecular formula is C11H16N3O2P. The number of hydrogen-bond acceptors (Lipinski definition) is 3. The molecule has 1 N–H and O–H groups in total. The number of nitrogens with zero attached hydrogens (tertiary/aromatic N) is 2. The van der Waals surface area contributed by atoms with Gasteiger partial charge in [0.05, 0.1) is 6.20 Å². The maximum absolute atomic E-state index is 12.7. The third-order valence-corrected chi connectivity index (χ3v) is 5.57. The summed E-state index contributed by atoms with van der Waals surface area (Å²) < 4.78 is 20.4. The summed E-state index contributed by atoms with van der Waals surface area (Å²) in [4.78, 5) is 3.97. The van der Waals surface area contributed by atoms with Crippen LogP contribution in [0.2, 0.25) is 0 Å². The van der Waals surface area contributed by atoms with Gasteiger partial charge in [-0.25, -0.2) is 14.3 Å². The average Bonchev–Trinajstić information content (AvgIpc) is 2.69. The predicted octanol–water partition coefficient (Wildman–Crippen LogP) is 2.03. The lowest BCUT2D eigenvalue weighted by Crippen LogP contribution is -2.34. The smallest absolute Gasteiger partial charge is 0.393 e. The molecule has 92 valence electrons. The van der Waals surface area contributed by atoms with Gasteiger partial charge in [0, 0.05) is 25.3 Å². The van der Waals surface area contributed by atoms with Crippen molar-refractivity contribution in [3.8, 4) is 5.75 Å². The fraction of sp³-hybridized carbons (Fsp3) is 0.545. The number of fused-ring (bicyclic) bond motifs is 1. The highest BCUT2D eigenvalue weighted by Crippen LogP contribution is 2.53. The maximum Gasteiger partial charge on any atom is 0.393 e. The molecule has 0 bridgehead atoms. The van der Waals surface area contributed by atoms with Crippen LogP contribution in [-0.4, -0.2) is 28.8 Å². The Morgan fingerprint density at radius 1 is 1.53 bits per heavy atom. The highest BCUT2D eigenvalue weighted by Gasteiger charge is 2.45. The van der Waals surface area contributed by atoms with Gasteiger partial charge in [-0.15, -0.1) is 0 Å². The lowest BCUT2D eigenvalue weighted by atomic mass is 10.1. The van der Waals surface area contributed by atoms with Gasteiger partial charge in [-0.3, -0.25) is 4.98 Å². The Kier molecular flexibility index (Phi) is 2.90. The maximum atomic E-state index is 12.7. The number of piperidine rings is 1. The van der Waals surface area contributed by atoms with Gasteiger partial charge in [0.25, 0.3) is 0 Å². The molecule has 2 atom stereocenters. The van der Waals surface area contributed by atoms with Gasteiger partial charge in [0.2, 0.25) is 0 Å². The molecule has 2 unspecified atom stereocenters. The second-order valence-electron chi connectivity index (χ2n) is 4.48. The number of nitrogens with one attached hydrogen (secondary N) is 1. The molecule has 3 heterocycles. The van der Waals surface area contributed by atoms with Crippen molar-refractivity contribution >= 4 is 7.67 Å². The van der Waals surface area contributed by atoms with E-state index in [0.29, 0.717) is 11.8 Å². The summed E-state index contributed by atoms with van der Waals surface area (Å²) in [6.07, 6.45) is 6.69. The van der Waals surface area contributed by atoms with Crippen LogP contribution in [0.4, 0.5) is 0 Å². The van der Waals surface area contributed by atoms with E-state index in [0.717, 1.165) is 25.9 Å². The fourth-order valence-corrected chi connectivity index (χ4v) is 4.70. The van der Waals surface area contributed by atoms with Gasteiger partial charge in [0.1, 0.15) is 5.75 Å². The third-order valence-electron chi connectivity index (χ3n) is 3.32. The number of rotatable bonds is 2. The Morgan fingerprint density at radius 3 is 3.29 bits per heavy atom. The minimum Gasteiger partial charge on any atom is -0.420 e. The highest BCUT2D eigenvalue weighted by molar-refractivity contribution is 7.55. The minimum absolute atomic E-state index is 0.367. The topological polar surface area (TPSA) is 54.5 Å². The van der Waals surface area contributed by atoms with Gasteiger partial charge in [-0.05, 0) is 25.0 Å². The highest BCUT2D eigenvalue weighted by atomic mass is 31.2. The molecule has 2 aliphatic rings. The van der Waals surface area contributed by atoms with Crippen molar-refractivity contribution in [3.05, 3.63) is 24.5 Å². The zero-order valence-corrected chi connectivity index (χ0v) is 10.5. The Labute approximate surface area is 101 Å². The quantitative estimate of drug-likeness (QED) is 0.817. The summed E-state index contributed by atoms with van der Waals surface area (Å²) in [5, 5.41) is 3.05. The van der Waals surface area contributed by atoms with Crippen molar-refractivity contribution in [1.82, 2.24) is 14.7 Å². The Hall–Kier alpha value is -0.900. The summed E-state index contributed by atoms with van der Waals surface area (Å²) in [5.41, 5.74) is 0. The molecule has 5 nitrogen and oxygen atoms in total. The summed E-state index contributed by atoms with van der Waals surface area (Å²) in [6.45, 7) is 1.62. The van der Waals surface area contributed by atoms with E-state index in [1.54, 1.807) is 24.5 Å². The first-order valence-corrected chi connectivity index (χ1v) is 7.58. The second kappa shape index (κ2) is 4.41. The Bertz CT molecular complexity index is 440. The average molecular weight is 253 g/mol. The van der Waals surface area contributed by atoms with Crippen LogP contribution in [0.5, 0.6) is 5.75 Å². The standard InChI is InChI=1S/C11H16N3O2P/c15-17(16-11-5-3-6-12-9-11)13-8-10-4-1-2-7-14(10)17/h3,5-6,9-10H,1-2,4,7-8H2,(H,13,15). The van der Waals surface area contributed by atoms with Crippen LogP contribution in [-0.2, 0) is 4.57 Å². The molecule has 0 aliphatic carbocycles. The monoisotopic (exact) mass is 253 g/mol. The minimum atomic E-state index is -2.88. The lowest BCUT2D eigenvalue weighted by molar-refractivity contribution is 0.261. The van der Waals surface area contributed by atoms with Crippen LogP contribution in [0, 0.1) is 0 Å². The summed E-state index contributed by atoms with van der Waals surface area (Å²) >= 11 is 0. The van der Waals surface area contributed by atoms with Crippen molar-refractivity contribution in [3.63, 3.8) is 0 Å². The van der Waals surface area contributed by atoms with Gasteiger partial charge < -0.3 is 4.52 Å². The van der Waals surface area contributed by atoms with Crippen LogP contribution >= 0.6 is 7.67 Å². The number of aromatic nitrogens is 1. The van der Waals surface area contributed by atoms with Crippen molar-refractivity contribution in [2.75, 3.05) is 13.1 Å². The van der Waals surface area contributed by atoms with E-state index in [2.05, 4.69) is 10.1 Å². The van der Waals surface area contributed by atoms with Crippen LogP contribution in [0.15, 0.2) is 24.5 Å². The third kappa shape index (κ3) is 2.10. The number of pyridine rings is 1. The molecule has 2 saturated heterocycles. The Balaban J connectivity index is 1.80. The van der Waals surface area contributed by atoms with Gasteiger partial charge in [-0.2, -0.15) is 0 Å². The second-order valence-corrected chi connectivity index (χ2v) is 6.53. The molecule has 17 heavy (non-hydrogen) atoms. The molecule has 0 spiro atoms. The van der Waals surface area contributed by atoms with Crippen molar-refractivity contribution in [2.45, 2.75) is 25.3 Å². The summed E-state index contributed by atoms with van der Waals surface area (Å²) in [7, 11) is -2.88. The van der Waals surface area contributed by atoms with E-state index in [-0.39, 0.29) is 0 Å². The summed E-state index contributed by atoms with van der Waals surface area (Å²) in [5.74, 6) is 0.564. The van der Waals surface area contributed by atoms with Crippen LogP contribution in [0.3, 0.4) is 0 Å². The zero-order chi connectivity index (χ0) is 11.7. The van der Waals surface area contributed by atoms with E-state index in [4.69, 9.17) is 4.52 Å². The van der Waals surface area contributed by atoms with E-state index in [9.17, 15) is 4.57 Å².